The molecule has 0 atom stereocenters. The lowest BCUT2D eigenvalue weighted by Gasteiger charge is -2.28. The fraction of sp³-hybridized carbons (Fsp3) is 0.520. The molecule has 0 bridgehead atoms. The van der Waals surface area contributed by atoms with Crippen molar-refractivity contribution in [1.29, 1.82) is 0 Å². The maximum Gasteiger partial charge on any atom is 0.281 e. The lowest BCUT2D eigenvalue weighted by atomic mass is 9.95. The maximum atomic E-state index is 13.8. The van der Waals surface area contributed by atoms with Crippen molar-refractivity contribution in [1.82, 2.24) is 33.6 Å². The largest absolute Gasteiger partial charge is 0.508 e. The van der Waals surface area contributed by atoms with Crippen LogP contribution in [0.5, 0.6) is 5.75 Å². The Hall–Kier alpha value is -3.24. The standard InChI is InChI=1S/C25H33N7O3/c1-5-30-22(34)20-21(32-24(30)26-19(28-32)16-17-6-8-18(33)9-7-17)27-23(25(2,3)4)31(20)11-10-29-12-14-35-15-13-29/h6-9,33H,5,10-16H2,1-4H3. The second kappa shape index (κ2) is 9.09. The van der Waals surface area contributed by atoms with E-state index in [1.807, 2.05) is 19.1 Å². The molecule has 35 heavy (non-hydrogen) atoms. The molecule has 10 nitrogen and oxygen atoms in total. The quantitative estimate of drug-likeness (QED) is 0.452. The minimum absolute atomic E-state index is 0.0939. The lowest BCUT2D eigenvalue weighted by molar-refractivity contribution is 0.0363. The van der Waals surface area contributed by atoms with Crippen LogP contribution in [0.1, 0.15) is 44.9 Å². The number of nitrogens with zero attached hydrogens (tertiary/aromatic N) is 7. The molecular formula is C25H33N7O3. The predicted octanol–water partition coefficient (Wildman–Crippen LogP) is 2.19. The Morgan fingerprint density at radius 2 is 1.74 bits per heavy atom. The van der Waals surface area contributed by atoms with Crippen LogP contribution in [0.25, 0.3) is 16.9 Å². The fourth-order valence-electron chi connectivity index (χ4n) is 4.69. The Balaban J connectivity index is 1.64. The summed E-state index contributed by atoms with van der Waals surface area (Å²) in [5.74, 6) is 2.18. The second-order valence-corrected chi connectivity index (χ2v) is 10.1. The average molecular weight is 480 g/mol. The van der Waals surface area contributed by atoms with E-state index in [0.29, 0.717) is 42.3 Å². The molecule has 0 unspecified atom stereocenters. The minimum Gasteiger partial charge on any atom is -0.508 e. The number of aryl methyl sites for hydroxylation is 1. The van der Waals surface area contributed by atoms with Gasteiger partial charge in [0.25, 0.3) is 5.56 Å². The molecule has 0 amide bonds. The van der Waals surface area contributed by atoms with E-state index in [9.17, 15) is 9.90 Å². The Morgan fingerprint density at radius 1 is 1.03 bits per heavy atom. The fourth-order valence-corrected chi connectivity index (χ4v) is 4.69. The SMILES string of the molecule is CCn1c(=O)c2c(nc(C(C)(C)C)n2CCN2CCOCC2)n2nc(Cc3ccc(O)cc3)nc12. The highest BCUT2D eigenvalue weighted by Gasteiger charge is 2.28. The molecule has 0 spiro atoms. The number of phenolic OH excluding ortho intramolecular Hbond substituents is 1. The number of morpholine rings is 1. The summed E-state index contributed by atoms with van der Waals surface area (Å²) in [4.78, 5) is 25.8. The van der Waals surface area contributed by atoms with Gasteiger partial charge in [0.1, 0.15) is 11.6 Å². The molecule has 10 heteroatoms. The third kappa shape index (κ3) is 4.43. The molecule has 1 aliphatic rings. The Labute approximate surface area is 203 Å². The zero-order valence-electron chi connectivity index (χ0n) is 20.9. The molecule has 1 aliphatic heterocycles. The summed E-state index contributed by atoms with van der Waals surface area (Å²) in [5, 5.41) is 14.4. The van der Waals surface area contributed by atoms with Crippen molar-refractivity contribution in [3.8, 4) is 5.75 Å². The molecule has 1 N–H and O–H groups in total. The Morgan fingerprint density at radius 3 is 2.40 bits per heavy atom. The van der Waals surface area contributed by atoms with Gasteiger partial charge in [0.15, 0.2) is 17.0 Å². The molecule has 1 aromatic carbocycles. The first kappa shape index (κ1) is 23.5. The molecule has 0 saturated carbocycles. The van der Waals surface area contributed by atoms with Crippen molar-refractivity contribution >= 4 is 16.9 Å². The smallest absolute Gasteiger partial charge is 0.281 e. The highest BCUT2D eigenvalue weighted by atomic mass is 16.5. The summed E-state index contributed by atoms with van der Waals surface area (Å²) in [7, 11) is 0. The first-order valence-electron chi connectivity index (χ1n) is 12.2. The number of hydrogen-bond acceptors (Lipinski definition) is 7. The van der Waals surface area contributed by atoms with E-state index in [0.717, 1.165) is 44.2 Å². The molecular weight excluding hydrogens is 446 g/mol. The van der Waals surface area contributed by atoms with Crippen molar-refractivity contribution < 1.29 is 9.84 Å². The number of aromatic hydroxyl groups is 1. The summed E-state index contributed by atoms with van der Waals surface area (Å²) < 4.78 is 11.0. The molecule has 4 heterocycles. The van der Waals surface area contributed by atoms with Gasteiger partial charge in [0, 0.05) is 44.6 Å². The topological polar surface area (TPSA) is 103 Å². The lowest BCUT2D eigenvalue weighted by Crippen LogP contribution is -2.39. The van der Waals surface area contributed by atoms with Gasteiger partial charge >= 0.3 is 0 Å². The van der Waals surface area contributed by atoms with Crippen LogP contribution >= 0.6 is 0 Å². The van der Waals surface area contributed by atoms with E-state index in [4.69, 9.17) is 19.8 Å². The van der Waals surface area contributed by atoms with E-state index in [2.05, 4.69) is 30.2 Å². The summed E-state index contributed by atoms with van der Waals surface area (Å²) in [6.45, 7) is 13.5. The summed E-state index contributed by atoms with van der Waals surface area (Å²) in [6, 6.07) is 7.00. The third-order valence-electron chi connectivity index (χ3n) is 6.50. The van der Waals surface area contributed by atoms with Crippen LogP contribution in [0, 0.1) is 0 Å². The molecule has 1 fully saturated rings. The van der Waals surface area contributed by atoms with E-state index in [1.54, 1.807) is 21.2 Å². The van der Waals surface area contributed by atoms with Crippen LogP contribution in [0.3, 0.4) is 0 Å². The van der Waals surface area contributed by atoms with Crippen LogP contribution in [-0.2, 0) is 29.7 Å². The summed E-state index contributed by atoms with van der Waals surface area (Å²) >= 11 is 0. The van der Waals surface area contributed by atoms with Gasteiger partial charge in [-0.1, -0.05) is 32.9 Å². The number of imidazole rings is 1. The number of benzene rings is 1. The van der Waals surface area contributed by atoms with E-state index in [1.165, 1.54) is 0 Å². The van der Waals surface area contributed by atoms with Gasteiger partial charge in [-0.2, -0.15) is 9.50 Å². The first-order valence-corrected chi connectivity index (χ1v) is 12.2. The van der Waals surface area contributed by atoms with Crippen molar-refractivity contribution in [3.05, 3.63) is 51.8 Å². The summed E-state index contributed by atoms with van der Waals surface area (Å²) in [6.07, 6.45) is 0.491. The third-order valence-corrected chi connectivity index (χ3v) is 6.50. The van der Waals surface area contributed by atoms with Gasteiger partial charge in [0.2, 0.25) is 5.78 Å². The molecule has 0 radical (unpaired) electrons. The van der Waals surface area contributed by atoms with Crippen LogP contribution < -0.4 is 5.56 Å². The van der Waals surface area contributed by atoms with Crippen LogP contribution in [0.15, 0.2) is 29.1 Å². The molecule has 5 rings (SSSR count). The van der Waals surface area contributed by atoms with Gasteiger partial charge in [-0.05, 0) is 24.6 Å². The number of rotatable bonds is 6. The van der Waals surface area contributed by atoms with Gasteiger partial charge in [-0.25, -0.2) is 4.98 Å². The molecule has 1 saturated heterocycles. The minimum atomic E-state index is -0.255. The number of phenols is 1. The molecule has 4 aromatic rings. The zero-order chi connectivity index (χ0) is 24.7. The van der Waals surface area contributed by atoms with Crippen LogP contribution in [0.4, 0.5) is 0 Å². The van der Waals surface area contributed by atoms with Crippen molar-refractivity contribution in [3.63, 3.8) is 0 Å². The average Bonchev–Trinajstić information content (AvgIpc) is 3.42. The van der Waals surface area contributed by atoms with Crippen LogP contribution in [0.2, 0.25) is 0 Å². The monoisotopic (exact) mass is 479 g/mol. The van der Waals surface area contributed by atoms with Gasteiger partial charge in [-0.15, -0.1) is 5.10 Å². The van der Waals surface area contributed by atoms with Crippen molar-refractivity contribution in [2.24, 2.45) is 0 Å². The van der Waals surface area contributed by atoms with Gasteiger partial charge in [-0.3, -0.25) is 14.3 Å². The van der Waals surface area contributed by atoms with E-state index in [-0.39, 0.29) is 16.7 Å². The Bertz CT molecular complexity index is 1400. The molecule has 186 valence electrons. The second-order valence-electron chi connectivity index (χ2n) is 10.1. The number of fused-ring (bicyclic) bond motifs is 3. The van der Waals surface area contributed by atoms with Crippen LogP contribution in [-0.4, -0.2) is 71.6 Å². The Kier molecular flexibility index (Phi) is 6.10. The molecule has 0 aliphatic carbocycles. The number of ether oxygens (including phenoxy) is 1. The first-order chi connectivity index (χ1) is 16.8. The predicted molar refractivity (Wildman–Crippen MR) is 133 cm³/mol. The highest BCUT2D eigenvalue weighted by molar-refractivity contribution is 5.74. The zero-order valence-corrected chi connectivity index (χ0v) is 20.9. The molecule has 3 aromatic heterocycles. The van der Waals surface area contributed by atoms with E-state index < -0.39 is 0 Å². The van der Waals surface area contributed by atoms with Crippen molar-refractivity contribution in [2.45, 2.75) is 52.6 Å². The van der Waals surface area contributed by atoms with Gasteiger partial charge < -0.3 is 14.4 Å². The highest BCUT2D eigenvalue weighted by Crippen LogP contribution is 2.26. The number of aromatic nitrogens is 6. The normalized spacial score (nSPS) is 15.4. The van der Waals surface area contributed by atoms with E-state index >= 15 is 0 Å². The van der Waals surface area contributed by atoms with Crippen molar-refractivity contribution in [2.75, 3.05) is 32.8 Å². The maximum absolute atomic E-state index is 13.8. The summed E-state index contributed by atoms with van der Waals surface area (Å²) in [5.41, 5.74) is 1.75. The van der Waals surface area contributed by atoms with Gasteiger partial charge in [0.05, 0.1) is 13.2 Å². The number of hydrogen-bond donors (Lipinski definition) is 1.